The van der Waals surface area contributed by atoms with Gasteiger partial charge < -0.3 is 29.9 Å². The van der Waals surface area contributed by atoms with Crippen molar-refractivity contribution >= 4 is 0 Å². The lowest BCUT2D eigenvalue weighted by Crippen LogP contribution is -2.37. The van der Waals surface area contributed by atoms with Crippen LogP contribution in [-0.2, 0) is 22.7 Å². The van der Waals surface area contributed by atoms with Gasteiger partial charge in [-0.05, 0) is 13.8 Å². The van der Waals surface area contributed by atoms with Gasteiger partial charge in [0.05, 0.1) is 63.4 Å². The molecule has 0 atom stereocenters. The third-order valence-electron chi connectivity index (χ3n) is 3.23. The molecule has 8 heteroatoms. The monoisotopic (exact) mass is 316 g/mol. The van der Waals surface area contributed by atoms with E-state index in [0.29, 0.717) is 11.4 Å². The Morgan fingerprint density at radius 1 is 0.773 bits per heavy atom. The Balaban J connectivity index is 2.53. The van der Waals surface area contributed by atoms with Gasteiger partial charge in [0.2, 0.25) is 0 Å². The second-order valence-electron chi connectivity index (χ2n) is 5.61. The molecule has 0 aromatic carbocycles. The van der Waals surface area contributed by atoms with Crippen molar-refractivity contribution in [1.82, 2.24) is 9.97 Å². The van der Waals surface area contributed by atoms with Gasteiger partial charge in [-0.3, -0.25) is 9.97 Å². The molecular weight excluding hydrogens is 292 g/mol. The summed E-state index contributed by atoms with van der Waals surface area (Å²) >= 11 is 0. The number of nitrogens with zero attached hydrogens (tertiary/aromatic N) is 2. The Labute approximate surface area is 129 Å². The first-order chi connectivity index (χ1) is 10.4. The number of aromatic nitrogens is 2. The van der Waals surface area contributed by atoms with E-state index in [1.165, 1.54) is 12.4 Å². The van der Waals surface area contributed by atoms with E-state index in [2.05, 4.69) is 9.97 Å². The summed E-state index contributed by atoms with van der Waals surface area (Å²) in [5.74, 6) is 0. The summed E-state index contributed by atoms with van der Waals surface area (Å²) in [6, 6.07) is 0. The smallest absolute Gasteiger partial charge is 0.112 e. The summed E-state index contributed by atoms with van der Waals surface area (Å²) in [7, 11) is 0. The van der Waals surface area contributed by atoms with E-state index in [-0.39, 0.29) is 39.6 Å². The number of hydrogen-bond acceptors (Lipinski definition) is 8. The number of aliphatic hydroxyl groups excluding tert-OH is 4. The van der Waals surface area contributed by atoms with Crippen LogP contribution in [0.5, 0.6) is 0 Å². The van der Waals surface area contributed by atoms with Gasteiger partial charge in [-0.15, -0.1) is 0 Å². The molecule has 126 valence electrons. The molecule has 1 rings (SSSR count). The second kappa shape index (κ2) is 8.47. The minimum atomic E-state index is -1.02. The molecule has 0 aliphatic carbocycles. The van der Waals surface area contributed by atoms with Gasteiger partial charge in [0.15, 0.2) is 0 Å². The molecule has 1 aromatic heterocycles. The number of hydrogen-bond donors (Lipinski definition) is 4. The Bertz CT molecular complexity index is 390. The summed E-state index contributed by atoms with van der Waals surface area (Å²) in [5, 5.41) is 36.5. The summed E-state index contributed by atoms with van der Waals surface area (Å²) in [6.45, 7) is 2.19. The summed E-state index contributed by atoms with van der Waals surface area (Å²) in [4.78, 5) is 8.29. The van der Waals surface area contributed by atoms with Crippen LogP contribution in [0.4, 0.5) is 0 Å². The van der Waals surface area contributed by atoms with E-state index >= 15 is 0 Å². The molecule has 0 amide bonds. The molecule has 1 heterocycles. The van der Waals surface area contributed by atoms with Crippen molar-refractivity contribution in [2.75, 3.05) is 26.4 Å². The van der Waals surface area contributed by atoms with Crippen LogP contribution >= 0.6 is 0 Å². The van der Waals surface area contributed by atoms with Crippen LogP contribution in [-0.4, -0.2) is 68.0 Å². The third-order valence-corrected chi connectivity index (χ3v) is 3.23. The van der Waals surface area contributed by atoms with Crippen molar-refractivity contribution in [3.63, 3.8) is 0 Å². The van der Waals surface area contributed by atoms with Crippen LogP contribution in [0.15, 0.2) is 12.4 Å². The number of ether oxygens (including phenoxy) is 2. The van der Waals surface area contributed by atoms with Crippen molar-refractivity contribution in [3.8, 4) is 0 Å². The third kappa shape index (κ3) is 5.56. The molecular formula is C14H24N2O6. The van der Waals surface area contributed by atoms with Crippen LogP contribution in [0.25, 0.3) is 0 Å². The van der Waals surface area contributed by atoms with Crippen LogP contribution < -0.4 is 0 Å². The second-order valence-corrected chi connectivity index (χ2v) is 5.61. The van der Waals surface area contributed by atoms with Crippen molar-refractivity contribution in [3.05, 3.63) is 23.8 Å². The van der Waals surface area contributed by atoms with Gasteiger partial charge in [-0.1, -0.05) is 0 Å². The van der Waals surface area contributed by atoms with E-state index in [4.69, 9.17) is 29.9 Å². The predicted octanol–water partition coefficient (Wildman–Crippen LogP) is -1.00. The minimum absolute atomic E-state index is 0.108. The maximum absolute atomic E-state index is 9.12. The first kappa shape index (κ1) is 18.9. The largest absolute Gasteiger partial charge is 0.393 e. The van der Waals surface area contributed by atoms with E-state index in [0.717, 1.165) is 0 Å². The summed E-state index contributed by atoms with van der Waals surface area (Å²) in [5.41, 5.74) is -0.950. The average Bonchev–Trinajstić information content (AvgIpc) is 2.58. The zero-order valence-electron chi connectivity index (χ0n) is 12.9. The van der Waals surface area contributed by atoms with Gasteiger partial charge in [0, 0.05) is 0 Å². The quantitative estimate of drug-likeness (QED) is 0.433. The fourth-order valence-electron chi connectivity index (χ4n) is 1.31. The molecule has 0 bridgehead atoms. The zero-order chi connectivity index (χ0) is 16.6. The molecule has 8 nitrogen and oxygen atoms in total. The molecule has 4 N–H and O–H groups in total. The van der Waals surface area contributed by atoms with Gasteiger partial charge in [0.25, 0.3) is 0 Å². The molecule has 0 saturated carbocycles. The van der Waals surface area contributed by atoms with Crippen LogP contribution in [0.3, 0.4) is 0 Å². The highest BCUT2D eigenvalue weighted by Crippen LogP contribution is 2.13. The number of aliphatic hydroxyl groups is 4. The molecule has 0 unspecified atom stereocenters. The molecule has 0 saturated heterocycles. The van der Waals surface area contributed by atoms with Gasteiger partial charge in [0.1, 0.15) is 11.2 Å². The lowest BCUT2D eigenvalue weighted by atomic mass is 10.1. The standard InChI is InChI=1S/C14H24N2O6/c1-13(7-17,8-18)21-5-11-3-16-12(4-15-11)6-22-14(2,9-19)10-20/h3-4,17-20H,5-10H2,1-2H3. The zero-order valence-corrected chi connectivity index (χ0v) is 12.9. The molecule has 1 aromatic rings. The van der Waals surface area contributed by atoms with E-state index in [1.54, 1.807) is 13.8 Å². The predicted molar refractivity (Wildman–Crippen MR) is 76.8 cm³/mol. The normalized spacial score (nSPS) is 12.6. The van der Waals surface area contributed by atoms with Crippen molar-refractivity contribution in [2.45, 2.75) is 38.3 Å². The van der Waals surface area contributed by atoms with Crippen molar-refractivity contribution < 1.29 is 29.9 Å². The lowest BCUT2D eigenvalue weighted by Gasteiger charge is -2.25. The first-order valence-corrected chi connectivity index (χ1v) is 6.91. The van der Waals surface area contributed by atoms with E-state index < -0.39 is 11.2 Å². The fraction of sp³-hybridized carbons (Fsp3) is 0.714. The summed E-state index contributed by atoms with van der Waals surface area (Å²) < 4.78 is 10.8. The highest BCUT2D eigenvalue weighted by molar-refractivity contribution is 5.01. The van der Waals surface area contributed by atoms with Crippen LogP contribution in [0.2, 0.25) is 0 Å². The molecule has 0 radical (unpaired) electrons. The lowest BCUT2D eigenvalue weighted by molar-refractivity contribution is -0.106. The minimum Gasteiger partial charge on any atom is -0.393 e. The molecule has 22 heavy (non-hydrogen) atoms. The van der Waals surface area contributed by atoms with Gasteiger partial charge >= 0.3 is 0 Å². The molecule has 0 spiro atoms. The van der Waals surface area contributed by atoms with Crippen molar-refractivity contribution in [1.29, 1.82) is 0 Å². The topological polar surface area (TPSA) is 125 Å². The molecule has 0 aliphatic heterocycles. The SMILES string of the molecule is CC(CO)(CO)OCc1cnc(COC(C)(CO)CO)cn1. The Kier molecular flexibility index (Phi) is 7.27. The van der Waals surface area contributed by atoms with E-state index in [9.17, 15) is 0 Å². The van der Waals surface area contributed by atoms with E-state index in [1.807, 2.05) is 0 Å². The summed E-state index contributed by atoms with van der Waals surface area (Å²) in [6.07, 6.45) is 3.01. The Morgan fingerprint density at radius 3 is 1.32 bits per heavy atom. The van der Waals surface area contributed by atoms with Gasteiger partial charge in [-0.2, -0.15) is 0 Å². The van der Waals surface area contributed by atoms with Gasteiger partial charge in [-0.25, -0.2) is 0 Å². The van der Waals surface area contributed by atoms with Crippen molar-refractivity contribution in [2.24, 2.45) is 0 Å². The fourth-order valence-corrected chi connectivity index (χ4v) is 1.31. The maximum atomic E-state index is 9.12. The van der Waals surface area contributed by atoms with Crippen LogP contribution in [0, 0.1) is 0 Å². The maximum Gasteiger partial charge on any atom is 0.112 e. The Hall–Kier alpha value is -1.16. The molecule has 0 fully saturated rings. The first-order valence-electron chi connectivity index (χ1n) is 6.91. The van der Waals surface area contributed by atoms with Crippen LogP contribution in [0.1, 0.15) is 25.2 Å². The average molecular weight is 316 g/mol. The highest BCUT2D eigenvalue weighted by atomic mass is 16.5. The number of rotatable bonds is 10. The Morgan fingerprint density at radius 2 is 1.09 bits per heavy atom. The molecule has 0 aliphatic rings. The highest BCUT2D eigenvalue weighted by Gasteiger charge is 2.24.